The zero-order valence-corrected chi connectivity index (χ0v) is 13.6. The molecule has 1 aliphatic rings. The number of rotatable bonds is 5. The minimum atomic E-state index is 0.334. The van der Waals surface area contributed by atoms with Crippen molar-refractivity contribution in [1.29, 1.82) is 0 Å². The van der Waals surface area contributed by atoms with Crippen molar-refractivity contribution in [3.63, 3.8) is 0 Å². The Labute approximate surface area is 131 Å². The first kappa shape index (κ1) is 15.0. The molecule has 2 heterocycles. The number of aromatic nitrogens is 2. The second-order valence-electron chi connectivity index (χ2n) is 6.12. The number of nitrogens with zero attached hydrogens (tertiary/aromatic N) is 3. The summed E-state index contributed by atoms with van der Waals surface area (Å²) in [6.45, 7) is 6.41. The van der Waals surface area contributed by atoms with Gasteiger partial charge in [0.25, 0.3) is 5.89 Å². The normalized spacial score (nSPS) is 16.2. The third-order valence-corrected chi connectivity index (χ3v) is 4.28. The predicted octanol–water partition coefficient (Wildman–Crippen LogP) is 2.80. The quantitative estimate of drug-likeness (QED) is 0.920. The van der Waals surface area contributed by atoms with E-state index in [1.807, 2.05) is 7.05 Å². The van der Waals surface area contributed by atoms with Crippen molar-refractivity contribution in [2.45, 2.75) is 39.2 Å². The molecule has 0 saturated carbocycles. The smallest absolute Gasteiger partial charge is 0.260 e. The Hall–Kier alpha value is -1.88. The molecule has 3 rings (SSSR count). The second-order valence-corrected chi connectivity index (χ2v) is 6.12. The van der Waals surface area contributed by atoms with Crippen LogP contribution in [0.4, 0.5) is 5.69 Å². The van der Waals surface area contributed by atoms with Gasteiger partial charge < -0.3 is 14.7 Å². The lowest BCUT2D eigenvalue weighted by Crippen LogP contribution is -2.24. The van der Waals surface area contributed by atoms with Crippen LogP contribution in [-0.4, -0.2) is 36.3 Å². The zero-order valence-electron chi connectivity index (χ0n) is 13.6. The van der Waals surface area contributed by atoms with Crippen molar-refractivity contribution in [3.8, 4) is 11.5 Å². The van der Waals surface area contributed by atoms with Crippen molar-refractivity contribution >= 4 is 5.69 Å². The van der Waals surface area contributed by atoms with Crippen LogP contribution < -0.4 is 10.2 Å². The van der Waals surface area contributed by atoms with Crippen molar-refractivity contribution in [2.75, 3.05) is 25.0 Å². The van der Waals surface area contributed by atoms with Gasteiger partial charge in [-0.3, -0.25) is 0 Å². The van der Waals surface area contributed by atoms with Crippen LogP contribution in [0.15, 0.2) is 22.7 Å². The maximum atomic E-state index is 5.54. The molecule has 5 heteroatoms. The molecule has 1 fully saturated rings. The van der Waals surface area contributed by atoms with Crippen LogP contribution >= 0.6 is 0 Å². The Kier molecular flexibility index (Phi) is 4.43. The fourth-order valence-corrected chi connectivity index (χ4v) is 2.88. The van der Waals surface area contributed by atoms with Gasteiger partial charge in [-0.25, -0.2) is 0 Å². The Balaban J connectivity index is 1.91. The van der Waals surface area contributed by atoms with Crippen molar-refractivity contribution in [2.24, 2.45) is 0 Å². The Bertz CT molecular complexity index is 631. The SMILES string of the molecule is CNC(C)Cc1noc(-c2cc(C)ccc2N2CCCC2)n1. The standard InChI is InChI=1S/C17H24N4O/c1-12-6-7-15(21-8-4-5-9-21)14(10-12)17-19-16(20-22-17)11-13(2)18-3/h6-7,10,13,18H,4-5,8-9,11H2,1-3H3. The molecule has 0 amide bonds. The minimum Gasteiger partial charge on any atom is -0.371 e. The van der Waals surface area contributed by atoms with Gasteiger partial charge in [0.2, 0.25) is 0 Å². The third kappa shape index (κ3) is 3.14. The molecule has 5 nitrogen and oxygen atoms in total. The maximum absolute atomic E-state index is 5.54. The van der Waals surface area contributed by atoms with Gasteiger partial charge in [0.1, 0.15) is 0 Å². The summed E-state index contributed by atoms with van der Waals surface area (Å²) in [6, 6.07) is 6.81. The first-order valence-electron chi connectivity index (χ1n) is 8.03. The van der Waals surface area contributed by atoms with Gasteiger partial charge >= 0.3 is 0 Å². The van der Waals surface area contributed by atoms with Gasteiger partial charge in [-0.05, 0) is 45.9 Å². The molecule has 0 spiro atoms. The fraction of sp³-hybridized carbons (Fsp3) is 0.529. The van der Waals surface area contributed by atoms with Gasteiger partial charge in [0, 0.05) is 31.2 Å². The van der Waals surface area contributed by atoms with Gasteiger partial charge in [0.05, 0.1) is 5.56 Å². The highest BCUT2D eigenvalue weighted by Gasteiger charge is 2.20. The first-order valence-corrected chi connectivity index (χ1v) is 8.03. The average Bonchev–Trinajstić information content (AvgIpc) is 3.18. The molecule has 1 N–H and O–H groups in total. The summed E-state index contributed by atoms with van der Waals surface area (Å²) in [6.07, 6.45) is 3.27. The lowest BCUT2D eigenvalue weighted by molar-refractivity contribution is 0.418. The van der Waals surface area contributed by atoms with E-state index >= 15 is 0 Å². The summed E-state index contributed by atoms with van der Waals surface area (Å²) in [4.78, 5) is 7.01. The Morgan fingerprint density at radius 2 is 2.09 bits per heavy atom. The van der Waals surface area contributed by atoms with E-state index in [2.05, 4.69) is 52.4 Å². The molecule has 1 unspecified atom stereocenters. The topological polar surface area (TPSA) is 54.2 Å². The van der Waals surface area contributed by atoms with Crippen molar-refractivity contribution in [3.05, 3.63) is 29.6 Å². The van der Waals surface area contributed by atoms with Crippen molar-refractivity contribution < 1.29 is 4.52 Å². The molecule has 0 radical (unpaired) electrons. The molecular weight excluding hydrogens is 276 g/mol. The predicted molar refractivity (Wildman–Crippen MR) is 88.1 cm³/mol. The van der Waals surface area contributed by atoms with E-state index < -0.39 is 0 Å². The number of likely N-dealkylation sites (N-methyl/N-ethyl adjacent to an activating group) is 1. The van der Waals surface area contributed by atoms with Crippen LogP contribution in [-0.2, 0) is 6.42 Å². The fourth-order valence-electron chi connectivity index (χ4n) is 2.88. The summed E-state index contributed by atoms with van der Waals surface area (Å²) in [7, 11) is 1.94. The number of hydrogen-bond acceptors (Lipinski definition) is 5. The summed E-state index contributed by atoms with van der Waals surface area (Å²) in [5.41, 5.74) is 3.47. The molecule has 1 atom stereocenters. The van der Waals surface area contributed by atoms with Crippen LogP contribution in [0.25, 0.3) is 11.5 Å². The highest BCUT2D eigenvalue weighted by atomic mass is 16.5. The molecule has 118 valence electrons. The molecule has 1 aromatic carbocycles. The minimum absolute atomic E-state index is 0.334. The molecule has 0 bridgehead atoms. The molecular formula is C17H24N4O. The number of nitrogens with one attached hydrogen (secondary N) is 1. The summed E-state index contributed by atoms with van der Waals surface area (Å²) in [5, 5.41) is 7.33. The number of aryl methyl sites for hydroxylation is 1. The van der Waals surface area contributed by atoms with Crippen LogP contribution in [0.5, 0.6) is 0 Å². The molecule has 1 aromatic heterocycles. The molecule has 22 heavy (non-hydrogen) atoms. The molecule has 1 saturated heterocycles. The number of hydrogen-bond donors (Lipinski definition) is 1. The average molecular weight is 300 g/mol. The Morgan fingerprint density at radius 1 is 1.32 bits per heavy atom. The summed E-state index contributed by atoms with van der Waals surface area (Å²) >= 11 is 0. The van der Waals surface area contributed by atoms with E-state index in [4.69, 9.17) is 4.52 Å². The Morgan fingerprint density at radius 3 is 2.82 bits per heavy atom. The highest BCUT2D eigenvalue weighted by molar-refractivity contribution is 5.74. The monoisotopic (exact) mass is 300 g/mol. The van der Waals surface area contributed by atoms with Crippen LogP contribution in [0.3, 0.4) is 0 Å². The zero-order chi connectivity index (χ0) is 15.5. The second kappa shape index (κ2) is 6.48. The lowest BCUT2D eigenvalue weighted by Gasteiger charge is -2.20. The van der Waals surface area contributed by atoms with Gasteiger partial charge in [0.15, 0.2) is 5.82 Å². The van der Waals surface area contributed by atoms with Crippen LogP contribution in [0, 0.1) is 6.92 Å². The van der Waals surface area contributed by atoms with E-state index in [1.54, 1.807) is 0 Å². The summed E-state index contributed by atoms with van der Waals surface area (Å²) < 4.78 is 5.54. The molecule has 0 aliphatic carbocycles. The van der Waals surface area contributed by atoms with E-state index in [0.29, 0.717) is 11.9 Å². The van der Waals surface area contributed by atoms with Gasteiger partial charge in [-0.2, -0.15) is 4.98 Å². The van der Waals surface area contributed by atoms with E-state index in [1.165, 1.54) is 24.1 Å². The molecule has 2 aromatic rings. The van der Waals surface area contributed by atoms with Gasteiger partial charge in [-0.1, -0.05) is 16.8 Å². The van der Waals surface area contributed by atoms with Crippen LogP contribution in [0.2, 0.25) is 0 Å². The van der Waals surface area contributed by atoms with Crippen LogP contribution in [0.1, 0.15) is 31.2 Å². The van der Waals surface area contributed by atoms with E-state index in [-0.39, 0.29) is 0 Å². The van der Waals surface area contributed by atoms with Gasteiger partial charge in [-0.15, -0.1) is 0 Å². The number of benzene rings is 1. The van der Waals surface area contributed by atoms with E-state index in [0.717, 1.165) is 30.9 Å². The maximum Gasteiger partial charge on any atom is 0.260 e. The molecule has 1 aliphatic heterocycles. The third-order valence-electron chi connectivity index (χ3n) is 4.28. The lowest BCUT2D eigenvalue weighted by atomic mass is 10.1. The van der Waals surface area contributed by atoms with E-state index in [9.17, 15) is 0 Å². The largest absolute Gasteiger partial charge is 0.371 e. The highest BCUT2D eigenvalue weighted by Crippen LogP contribution is 2.32. The summed E-state index contributed by atoms with van der Waals surface area (Å²) in [5.74, 6) is 1.38. The number of anilines is 1. The first-order chi connectivity index (χ1) is 10.7. The van der Waals surface area contributed by atoms with Crippen molar-refractivity contribution in [1.82, 2.24) is 15.5 Å².